The SMILES string of the molecule is CC(C)COCCNC(=O)c1ccnc(F)c1F. The van der Waals surface area contributed by atoms with Crippen LogP contribution in [0.2, 0.25) is 0 Å². The van der Waals surface area contributed by atoms with Gasteiger partial charge in [-0.05, 0) is 12.0 Å². The second kappa shape index (κ2) is 7.00. The zero-order valence-electron chi connectivity index (χ0n) is 10.4. The first kappa shape index (κ1) is 14.5. The third kappa shape index (κ3) is 4.37. The molecule has 0 aromatic carbocycles. The molecule has 1 rings (SSSR count). The summed E-state index contributed by atoms with van der Waals surface area (Å²) in [5.41, 5.74) is -0.355. The van der Waals surface area contributed by atoms with Crippen molar-refractivity contribution in [2.24, 2.45) is 5.92 Å². The summed E-state index contributed by atoms with van der Waals surface area (Å²) in [6.45, 7) is 5.18. The van der Waals surface area contributed by atoms with Crippen LogP contribution in [0, 0.1) is 17.7 Å². The molecule has 0 atom stereocenters. The first-order valence-corrected chi connectivity index (χ1v) is 5.68. The van der Waals surface area contributed by atoms with E-state index in [0.29, 0.717) is 19.1 Å². The Morgan fingerprint density at radius 2 is 2.22 bits per heavy atom. The van der Waals surface area contributed by atoms with Crippen molar-refractivity contribution in [3.8, 4) is 0 Å². The van der Waals surface area contributed by atoms with E-state index in [4.69, 9.17) is 4.74 Å². The molecule has 4 nitrogen and oxygen atoms in total. The molecule has 1 heterocycles. The molecule has 6 heteroatoms. The van der Waals surface area contributed by atoms with Gasteiger partial charge in [-0.3, -0.25) is 4.79 Å². The number of carbonyl (C=O) groups is 1. The molecular weight excluding hydrogens is 242 g/mol. The molecular formula is C12H16F2N2O2. The van der Waals surface area contributed by atoms with Gasteiger partial charge in [0.15, 0.2) is 5.82 Å². The second-order valence-corrected chi connectivity index (χ2v) is 4.19. The number of aromatic nitrogens is 1. The molecule has 1 aromatic rings. The lowest BCUT2D eigenvalue weighted by molar-refractivity contribution is 0.0881. The van der Waals surface area contributed by atoms with E-state index in [2.05, 4.69) is 10.3 Å². The van der Waals surface area contributed by atoms with Gasteiger partial charge >= 0.3 is 0 Å². The molecule has 0 unspecified atom stereocenters. The first-order chi connectivity index (χ1) is 8.52. The zero-order valence-corrected chi connectivity index (χ0v) is 10.4. The Morgan fingerprint density at radius 1 is 1.50 bits per heavy atom. The highest BCUT2D eigenvalue weighted by Crippen LogP contribution is 2.08. The predicted octanol–water partition coefficient (Wildman–Crippen LogP) is 1.76. The Hall–Kier alpha value is -1.56. The number of hydrogen-bond acceptors (Lipinski definition) is 3. The smallest absolute Gasteiger partial charge is 0.254 e. The maximum absolute atomic E-state index is 13.2. The van der Waals surface area contributed by atoms with Gasteiger partial charge in [-0.1, -0.05) is 13.8 Å². The van der Waals surface area contributed by atoms with E-state index in [9.17, 15) is 13.6 Å². The summed E-state index contributed by atoms with van der Waals surface area (Å²) in [7, 11) is 0. The number of rotatable bonds is 6. The topological polar surface area (TPSA) is 51.2 Å². The van der Waals surface area contributed by atoms with E-state index < -0.39 is 17.7 Å². The highest BCUT2D eigenvalue weighted by atomic mass is 19.2. The fourth-order valence-corrected chi connectivity index (χ4v) is 1.24. The molecule has 0 aliphatic heterocycles. The molecule has 0 spiro atoms. The first-order valence-electron chi connectivity index (χ1n) is 5.68. The van der Waals surface area contributed by atoms with Crippen molar-refractivity contribution in [1.29, 1.82) is 0 Å². The number of hydrogen-bond donors (Lipinski definition) is 1. The van der Waals surface area contributed by atoms with Crippen LogP contribution in [-0.4, -0.2) is 30.6 Å². The van der Waals surface area contributed by atoms with Crippen LogP contribution in [0.3, 0.4) is 0 Å². The number of carbonyl (C=O) groups excluding carboxylic acids is 1. The lowest BCUT2D eigenvalue weighted by atomic mass is 10.2. The Morgan fingerprint density at radius 3 is 2.89 bits per heavy atom. The van der Waals surface area contributed by atoms with Gasteiger partial charge in [-0.25, -0.2) is 9.37 Å². The molecule has 0 bridgehead atoms. The highest BCUT2D eigenvalue weighted by molar-refractivity contribution is 5.94. The van der Waals surface area contributed by atoms with Gasteiger partial charge in [0.1, 0.15) is 0 Å². The second-order valence-electron chi connectivity index (χ2n) is 4.19. The lowest BCUT2D eigenvalue weighted by Crippen LogP contribution is -2.28. The van der Waals surface area contributed by atoms with Crippen molar-refractivity contribution >= 4 is 5.91 Å². The van der Waals surface area contributed by atoms with Crippen molar-refractivity contribution in [2.45, 2.75) is 13.8 Å². The number of halogens is 2. The Kier molecular flexibility index (Phi) is 5.64. The monoisotopic (exact) mass is 258 g/mol. The number of nitrogens with zero attached hydrogens (tertiary/aromatic N) is 1. The van der Waals surface area contributed by atoms with Crippen LogP contribution < -0.4 is 5.32 Å². The lowest BCUT2D eigenvalue weighted by Gasteiger charge is -2.08. The van der Waals surface area contributed by atoms with Crippen molar-refractivity contribution in [3.63, 3.8) is 0 Å². The molecule has 0 aliphatic carbocycles. The Balaban J connectivity index is 2.39. The van der Waals surface area contributed by atoms with Gasteiger partial charge in [0.2, 0.25) is 5.95 Å². The number of ether oxygens (including phenoxy) is 1. The van der Waals surface area contributed by atoms with E-state index >= 15 is 0 Å². The maximum atomic E-state index is 13.2. The number of amides is 1. The van der Waals surface area contributed by atoms with Crippen LogP contribution >= 0.6 is 0 Å². The molecule has 18 heavy (non-hydrogen) atoms. The minimum Gasteiger partial charge on any atom is -0.379 e. The Bertz CT molecular complexity index is 411. The van der Waals surface area contributed by atoms with Crippen LogP contribution in [0.1, 0.15) is 24.2 Å². The summed E-state index contributed by atoms with van der Waals surface area (Å²) in [6, 6.07) is 1.13. The number of pyridine rings is 1. The van der Waals surface area contributed by atoms with Crippen LogP contribution in [0.4, 0.5) is 8.78 Å². The molecule has 0 fully saturated rings. The zero-order chi connectivity index (χ0) is 13.5. The predicted molar refractivity (Wildman–Crippen MR) is 62.1 cm³/mol. The van der Waals surface area contributed by atoms with Gasteiger partial charge < -0.3 is 10.1 Å². The fraction of sp³-hybridized carbons (Fsp3) is 0.500. The largest absolute Gasteiger partial charge is 0.379 e. The van der Waals surface area contributed by atoms with E-state index in [1.807, 2.05) is 13.8 Å². The van der Waals surface area contributed by atoms with E-state index in [1.54, 1.807) is 0 Å². The standard InChI is InChI=1S/C12H16F2N2O2/c1-8(2)7-18-6-5-16-12(17)9-3-4-15-11(14)10(9)13/h3-4,8H,5-7H2,1-2H3,(H,16,17). The van der Waals surface area contributed by atoms with Crippen LogP contribution in [0.15, 0.2) is 12.3 Å². The summed E-state index contributed by atoms with van der Waals surface area (Å²) in [6.07, 6.45) is 1.04. The van der Waals surface area contributed by atoms with E-state index in [0.717, 1.165) is 12.3 Å². The summed E-state index contributed by atoms with van der Waals surface area (Å²) in [5.74, 6) is -2.79. The van der Waals surface area contributed by atoms with Gasteiger partial charge in [0.05, 0.1) is 12.2 Å². The molecule has 1 amide bonds. The third-order valence-electron chi connectivity index (χ3n) is 2.07. The minimum atomic E-state index is -1.28. The quantitative estimate of drug-likeness (QED) is 0.625. The molecule has 0 radical (unpaired) electrons. The molecule has 1 aromatic heterocycles. The summed E-state index contributed by atoms with van der Waals surface area (Å²) in [4.78, 5) is 14.6. The van der Waals surface area contributed by atoms with E-state index in [1.165, 1.54) is 0 Å². The van der Waals surface area contributed by atoms with Crippen molar-refractivity contribution in [3.05, 3.63) is 29.6 Å². The fourth-order valence-electron chi connectivity index (χ4n) is 1.24. The molecule has 1 N–H and O–H groups in total. The molecule has 0 aliphatic rings. The molecule has 0 saturated carbocycles. The summed E-state index contributed by atoms with van der Waals surface area (Å²) >= 11 is 0. The Labute approximate surface area is 104 Å². The molecule has 0 saturated heterocycles. The van der Waals surface area contributed by atoms with Gasteiger partial charge in [0, 0.05) is 19.3 Å². The molecule has 100 valence electrons. The van der Waals surface area contributed by atoms with Gasteiger partial charge in [-0.15, -0.1) is 0 Å². The maximum Gasteiger partial charge on any atom is 0.254 e. The van der Waals surface area contributed by atoms with Crippen molar-refractivity contribution < 1.29 is 18.3 Å². The van der Waals surface area contributed by atoms with Gasteiger partial charge in [-0.2, -0.15) is 4.39 Å². The third-order valence-corrected chi connectivity index (χ3v) is 2.07. The average molecular weight is 258 g/mol. The highest BCUT2D eigenvalue weighted by Gasteiger charge is 2.15. The summed E-state index contributed by atoms with van der Waals surface area (Å²) in [5, 5.41) is 2.44. The van der Waals surface area contributed by atoms with Crippen LogP contribution in [0.5, 0.6) is 0 Å². The van der Waals surface area contributed by atoms with Crippen molar-refractivity contribution in [2.75, 3.05) is 19.8 Å². The minimum absolute atomic E-state index is 0.245. The number of nitrogens with one attached hydrogen (secondary N) is 1. The van der Waals surface area contributed by atoms with E-state index in [-0.39, 0.29) is 12.1 Å². The van der Waals surface area contributed by atoms with Crippen LogP contribution in [0.25, 0.3) is 0 Å². The van der Waals surface area contributed by atoms with Crippen molar-refractivity contribution in [1.82, 2.24) is 10.3 Å². The average Bonchev–Trinajstić information content (AvgIpc) is 2.31. The van der Waals surface area contributed by atoms with Crippen LogP contribution in [-0.2, 0) is 4.74 Å². The summed E-state index contributed by atoms with van der Waals surface area (Å²) < 4.78 is 31.2. The normalized spacial score (nSPS) is 10.7. The van der Waals surface area contributed by atoms with Gasteiger partial charge in [0.25, 0.3) is 5.91 Å².